The molecule has 1 heterocycles. The molecule has 1 aromatic carbocycles. The van der Waals surface area contributed by atoms with E-state index < -0.39 is 0 Å². The minimum absolute atomic E-state index is 0.0184. The summed E-state index contributed by atoms with van der Waals surface area (Å²) in [5.74, 6) is 0.647. The summed E-state index contributed by atoms with van der Waals surface area (Å²) in [5, 5.41) is 2.81. The highest BCUT2D eigenvalue weighted by Gasteiger charge is 2.24. The summed E-state index contributed by atoms with van der Waals surface area (Å²) >= 11 is 0. The molecule has 0 aliphatic rings. The number of carbonyl (C=O) groups excluding carboxylic acids is 2. The molecule has 3 amide bonds. The predicted molar refractivity (Wildman–Crippen MR) is 110 cm³/mol. The van der Waals surface area contributed by atoms with Crippen LogP contribution in [0.15, 0.2) is 53.1 Å². The van der Waals surface area contributed by atoms with Gasteiger partial charge in [-0.2, -0.15) is 0 Å². The first kappa shape index (κ1) is 21.5. The largest absolute Gasteiger partial charge is 0.467 e. The Morgan fingerprint density at radius 2 is 1.86 bits per heavy atom. The van der Waals surface area contributed by atoms with Crippen LogP contribution in [-0.4, -0.2) is 47.4 Å². The van der Waals surface area contributed by atoms with Crippen LogP contribution < -0.4 is 5.32 Å². The van der Waals surface area contributed by atoms with Crippen LogP contribution in [0.2, 0.25) is 0 Å². The third kappa shape index (κ3) is 6.44. The summed E-state index contributed by atoms with van der Waals surface area (Å²) in [7, 11) is 0. The molecule has 1 aromatic heterocycles. The zero-order valence-corrected chi connectivity index (χ0v) is 17.1. The van der Waals surface area contributed by atoms with Crippen molar-refractivity contribution in [1.29, 1.82) is 0 Å². The standard InChI is InChI=1S/C22H31N3O3/c1-4-18(3)25(22(27)23-5-2)17-21(26)24(16-20-12-9-15-28-20)14-13-19-10-7-6-8-11-19/h6-12,15,18H,4-5,13-14,16-17H2,1-3H3,(H,23,27). The molecule has 6 heteroatoms. The number of benzene rings is 1. The quantitative estimate of drug-likeness (QED) is 0.678. The van der Waals surface area contributed by atoms with Crippen LogP contribution in [0.1, 0.15) is 38.5 Å². The maximum atomic E-state index is 13.1. The van der Waals surface area contributed by atoms with Gasteiger partial charge in [-0.25, -0.2) is 4.79 Å². The summed E-state index contributed by atoms with van der Waals surface area (Å²) in [6, 6.07) is 13.5. The molecule has 2 aromatic rings. The minimum atomic E-state index is -0.203. The Morgan fingerprint density at radius 3 is 2.46 bits per heavy atom. The third-order valence-corrected chi connectivity index (χ3v) is 4.81. The van der Waals surface area contributed by atoms with Gasteiger partial charge in [-0.05, 0) is 44.4 Å². The van der Waals surface area contributed by atoms with Crippen molar-refractivity contribution in [2.45, 2.75) is 46.2 Å². The summed E-state index contributed by atoms with van der Waals surface area (Å²) < 4.78 is 5.44. The van der Waals surface area contributed by atoms with Gasteiger partial charge in [0.05, 0.1) is 12.8 Å². The number of nitrogens with one attached hydrogen (secondary N) is 1. The fourth-order valence-electron chi connectivity index (χ4n) is 2.94. The molecule has 0 saturated heterocycles. The molecule has 6 nitrogen and oxygen atoms in total. The van der Waals surface area contributed by atoms with Gasteiger partial charge in [0.25, 0.3) is 0 Å². The Labute approximate surface area is 167 Å². The van der Waals surface area contributed by atoms with Crippen molar-refractivity contribution in [2.75, 3.05) is 19.6 Å². The highest BCUT2D eigenvalue weighted by Crippen LogP contribution is 2.11. The Balaban J connectivity index is 2.10. The van der Waals surface area contributed by atoms with E-state index >= 15 is 0 Å². The van der Waals surface area contributed by atoms with Gasteiger partial charge < -0.3 is 19.5 Å². The molecule has 0 aliphatic heterocycles. The van der Waals surface area contributed by atoms with E-state index in [2.05, 4.69) is 17.4 Å². The van der Waals surface area contributed by atoms with Gasteiger partial charge >= 0.3 is 6.03 Å². The van der Waals surface area contributed by atoms with Gasteiger partial charge in [0.15, 0.2) is 0 Å². The minimum Gasteiger partial charge on any atom is -0.467 e. The first-order chi connectivity index (χ1) is 13.5. The molecule has 28 heavy (non-hydrogen) atoms. The van der Waals surface area contributed by atoms with Crippen LogP contribution in [0.5, 0.6) is 0 Å². The Hall–Kier alpha value is -2.76. The second-order valence-corrected chi connectivity index (χ2v) is 6.85. The third-order valence-electron chi connectivity index (χ3n) is 4.81. The first-order valence-corrected chi connectivity index (χ1v) is 9.93. The van der Waals surface area contributed by atoms with Crippen molar-refractivity contribution in [2.24, 2.45) is 0 Å². The Morgan fingerprint density at radius 1 is 1.11 bits per heavy atom. The van der Waals surface area contributed by atoms with E-state index in [9.17, 15) is 9.59 Å². The SMILES string of the molecule is CCNC(=O)N(CC(=O)N(CCc1ccccc1)Cc1ccco1)C(C)CC. The lowest BCUT2D eigenvalue weighted by Gasteiger charge is -2.31. The van der Waals surface area contributed by atoms with Crippen LogP contribution in [0.4, 0.5) is 4.79 Å². The number of amides is 3. The zero-order valence-electron chi connectivity index (χ0n) is 17.1. The maximum absolute atomic E-state index is 13.1. The van der Waals surface area contributed by atoms with Crippen LogP contribution in [0, 0.1) is 0 Å². The summed E-state index contributed by atoms with van der Waals surface area (Å²) in [6.45, 7) is 7.38. The second kappa shape index (κ2) is 11.2. The maximum Gasteiger partial charge on any atom is 0.318 e. The molecular weight excluding hydrogens is 354 g/mol. The van der Waals surface area contributed by atoms with E-state index in [1.54, 1.807) is 16.1 Å². The zero-order chi connectivity index (χ0) is 20.4. The monoisotopic (exact) mass is 385 g/mol. The van der Waals surface area contributed by atoms with Gasteiger partial charge in [0.1, 0.15) is 12.3 Å². The highest BCUT2D eigenvalue weighted by molar-refractivity contribution is 5.84. The van der Waals surface area contributed by atoms with Crippen LogP contribution in [0.3, 0.4) is 0 Å². The molecule has 1 atom stereocenters. The number of rotatable bonds is 10. The molecule has 0 fully saturated rings. The average molecular weight is 386 g/mol. The Kier molecular flexibility index (Phi) is 8.59. The lowest BCUT2D eigenvalue weighted by Crippen LogP contribution is -2.50. The average Bonchev–Trinajstić information content (AvgIpc) is 3.22. The van der Waals surface area contributed by atoms with E-state index in [1.165, 1.54) is 5.56 Å². The smallest absolute Gasteiger partial charge is 0.318 e. The van der Waals surface area contributed by atoms with Crippen LogP contribution in [-0.2, 0) is 17.8 Å². The molecule has 0 radical (unpaired) electrons. The van der Waals surface area contributed by atoms with Crippen LogP contribution in [0.25, 0.3) is 0 Å². The number of furan rings is 1. The molecule has 1 unspecified atom stereocenters. The molecule has 0 bridgehead atoms. The topological polar surface area (TPSA) is 65.8 Å². The lowest BCUT2D eigenvalue weighted by atomic mass is 10.1. The van der Waals surface area contributed by atoms with Crippen molar-refractivity contribution in [3.63, 3.8) is 0 Å². The predicted octanol–water partition coefficient (Wildman–Crippen LogP) is 3.68. The normalized spacial score (nSPS) is 11.7. The van der Waals surface area contributed by atoms with Gasteiger partial charge in [-0.3, -0.25) is 4.79 Å². The number of urea groups is 1. The highest BCUT2D eigenvalue weighted by atomic mass is 16.3. The van der Waals surface area contributed by atoms with Crippen LogP contribution >= 0.6 is 0 Å². The molecule has 2 rings (SSSR count). The van der Waals surface area contributed by atoms with Crippen molar-refractivity contribution in [3.8, 4) is 0 Å². The van der Waals surface area contributed by atoms with Crippen molar-refractivity contribution in [3.05, 3.63) is 60.1 Å². The summed E-state index contributed by atoms with van der Waals surface area (Å²) in [5.41, 5.74) is 1.17. The first-order valence-electron chi connectivity index (χ1n) is 9.93. The molecule has 0 aliphatic carbocycles. The number of hydrogen-bond donors (Lipinski definition) is 1. The molecule has 0 spiro atoms. The molecular formula is C22H31N3O3. The number of hydrogen-bond acceptors (Lipinski definition) is 3. The fourth-order valence-corrected chi connectivity index (χ4v) is 2.94. The Bertz CT molecular complexity index is 716. The van der Waals surface area contributed by atoms with E-state index in [-0.39, 0.29) is 24.5 Å². The molecule has 0 saturated carbocycles. The van der Waals surface area contributed by atoms with E-state index in [1.807, 2.05) is 51.1 Å². The van der Waals surface area contributed by atoms with E-state index in [0.717, 1.165) is 18.6 Å². The number of carbonyl (C=O) groups is 2. The fraction of sp³-hybridized carbons (Fsp3) is 0.455. The van der Waals surface area contributed by atoms with Crippen molar-refractivity contribution in [1.82, 2.24) is 15.1 Å². The molecule has 1 N–H and O–H groups in total. The summed E-state index contributed by atoms with van der Waals surface area (Å²) in [6.07, 6.45) is 3.14. The van der Waals surface area contributed by atoms with E-state index in [4.69, 9.17) is 4.42 Å². The van der Waals surface area contributed by atoms with Crippen molar-refractivity contribution >= 4 is 11.9 Å². The number of nitrogens with zero attached hydrogens (tertiary/aromatic N) is 2. The van der Waals surface area contributed by atoms with Gasteiger partial charge in [0, 0.05) is 19.1 Å². The van der Waals surface area contributed by atoms with Gasteiger partial charge in [-0.1, -0.05) is 37.3 Å². The van der Waals surface area contributed by atoms with Gasteiger partial charge in [0.2, 0.25) is 5.91 Å². The van der Waals surface area contributed by atoms with Crippen molar-refractivity contribution < 1.29 is 14.0 Å². The molecule has 152 valence electrons. The van der Waals surface area contributed by atoms with E-state index in [0.29, 0.717) is 19.6 Å². The summed E-state index contributed by atoms with van der Waals surface area (Å²) in [4.78, 5) is 28.9. The van der Waals surface area contributed by atoms with Gasteiger partial charge in [-0.15, -0.1) is 0 Å². The second-order valence-electron chi connectivity index (χ2n) is 6.85. The lowest BCUT2D eigenvalue weighted by molar-refractivity contribution is -0.133.